The van der Waals surface area contributed by atoms with Gasteiger partial charge in [0.1, 0.15) is 0 Å². The van der Waals surface area contributed by atoms with E-state index in [2.05, 4.69) is 25.4 Å². The third-order valence-corrected chi connectivity index (χ3v) is 4.43. The van der Waals surface area contributed by atoms with Crippen LogP contribution in [-0.2, 0) is 0 Å². The molecule has 0 aliphatic rings. The maximum atomic E-state index is 12.8. The van der Waals surface area contributed by atoms with Crippen molar-refractivity contribution in [3.8, 4) is 0 Å². The van der Waals surface area contributed by atoms with Crippen LogP contribution in [0.1, 0.15) is 37.0 Å². The third kappa shape index (κ3) is 5.11. The van der Waals surface area contributed by atoms with Gasteiger partial charge in [-0.3, -0.25) is 4.79 Å². The molecule has 1 rings (SSSR count). The number of rotatable bonds is 8. The van der Waals surface area contributed by atoms with Gasteiger partial charge in [0, 0.05) is 36.1 Å². The smallest absolute Gasteiger partial charge is 0.256 e. The van der Waals surface area contributed by atoms with E-state index in [4.69, 9.17) is 11.6 Å². The van der Waals surface area contributed by atoms with Gasteiger partial charge in [0.2, 0.25) is 0 Å². The van der Waals surface area contributed by atoms with Crippen molar-refractivity contribution in [3.63, 3.8) is 0 Å². The molecule has 0 saturated heterocycles. The van der Waals surface area contributed by atoms with Crippen LogP contribution in [0.5, 0.6) is 0 Å². The van der Waals surface area contributed by atoms with E-state index in [1.165, 1.54) is 0 Å². The topological polar surface area (TPSA) is 32.3 Å². The average Bonchev–Trinajstić information content (AvgIpc) is 2.49. The molecule has 0 saturated carbocycles. The fraction of sp³-hybridized carbons (Fsp3) is 0.562. The van der Waals surface area contributed by atoms with E-state index in [0.29, 0.717) is 10.6 Å². The summed E-state index contributed by atoms with van der Waals surface area (Å²) in [6.45, 7) is 5.05. The SMILES string of the molecule is CCCNc1ccc(Cl)cc1C(=O)N(C)C(CC)CSC. The largest absolute Gasteiger partial charge is 0.384 e. The maximum absolute atomic E-state index is 12.8. The Balaban J connectivity index is 3.01. The molecule has 0 spiro atoms. The molecule has 1 amide bonds. The van der Waals surface area contributed by atoms with Crippen LogP contribution in [0.4, 0.5) is 5.69 Å². The van der Waals surface area contributed by atoms with Crippen LogP contribution in [-0.4, -0.2) is 42.4 Å². The lowest BCUT2D eigenvalue weighted by molar-refractivity contribution is 0.0744. The predicted octanol–water partition coefficient (Wildman–Crippen LogP) is 4.38. The molecule has 0 heterocycles. The molecule has 1 unspecified atom stereocenters. The Morgan fingerprint density at radius 3 is 2.71 bits per heavy atom. The minimum atomic E-state index is 0.0250. The van der Waals surface area contributed by atoms with E-state index < -0.39 is 0 Å². The first-order valence-corrected chi connectivity index (χ1v) is 9.11. The fourth-order valence-corrected chi connectivity index (χ4v) is 3.18. The molecule has 3 nitrogen and oxygen atoms in total. The number of hydrogen-bond acceptors (Lipinski definition) is 3. The lowest BCUT2D eigenvalue weighted by Gasteiger charge is -2.27. The summed E-state index contributed by atoms with van der Waals surface area (Å²) in [6, 6.07) is 5.69. The molecule has 0 aliphatic heterocycles. The van der Waals surface area contributed by atoms with Crippen LogP contribution in [0.15, 0.2) is 18.2 Å². The van der Waals surface area contributed by atoms with Crippen molar-refractivity contribution in [3.05, 3.63) is 28.8 Å². The number of nitrogens with one attached hydrogen (secondary N) is 1. The molecule has 1 atom stereocenters. The highest BCUT2D eigenvalue weighted by molar-refractivity contribution is 7.98. The van der Waals surface area contributed by atoms with Gasteiger partial charge in [-0.2, -0.15) is 11.8 Å². The van der Waals surface area contributed by atoms with E-state index in [-0.39, 0.29) is 11.9 Å². The molecule has 0 fully saturated rings. The molecular formula is C16H25ClN2OS. The predicted molar refractivity (Wildman–Crippen MR) is 94.8 cm³/mol. The van der Waals surface area contributed by atoms with Crippen LogP contribution in [0.2, 0.25) is 5.02 Å². The van der Waals surface area contributed by atoms with E-state index >= 15 is 0 Å². The minimum absolute atomic E-state index is 0.0250. The number of benzene rings is 1. The van der Waals surface area contributed by atoms with Crippen LogP contribution < -0.4 is 5.32 Å². The van der Waals surface area contributed by atoms with Crippen molar-refractivity contribution >= 4 is 35.0 Å². The number of carbonyl (C=O) groups is 1. The minimum Gasteiger partial charge on any atom is -0.384 e. The summed E-state index contributed by atoms with van der Waals surface area (Å²) in [4.78, 5) is 14.6. The number of thioether (sulfide) groups is 1. The number of nitrogens with zero attached hydrogens (tertiary/aromatic N) is 1. The Hall–Kier alpha value is -0.870. The van der Waals surface area contributed by atoms with E-state index in [1.54, 1.807) is 17.8 Å². The summed E-state index contributed by atoms with van der Waals surface area (Å²) in [5.74, 6) is 0.966. The van der Waals surface area contributed by atoms with Crippen molar-refractivity contribution in [1.82, 2.24) is 4.90 Å². The van der Waals surface area contributed by atoms with Gasteiger partial charge in [-0.1, -0.05) is 25.4 Å². The quantitative estimate of drug-likeness (QED) is 0.768. The van der Waals surface area contributed by atoms with Gasteiger partial charge >= 0.3 is 0 Å². The standard InChI is InChI=1S/C16H25ClN2OS/c1-5-9-18-15-8-7-12(17)10-14(15)16(20)19(3)13(6-2)11-21-4/h7-8,10,13,18H,5-6,9,11H2,1-4H3. The van der Waals surface area contributed by atoms with Crippen molar-refractivity contribution in [2.24, 2.45) is 0 Å². The lowest BCUT2D eigenvalue weighted by Crippen LogP contribution is -2.38. The summed E-state index contributed by atoms with van der Waals surface area (Å²) in [7, 11) is 1.87. The second-order valence-electron chi connectivity index (χ2n) is 5.05. The first-order valence-electron chi connectivity index (χ1n) is 7.34. The summed E-state index contributed by atoms with van der Waals surface area (Å²) in [6.07, 6.45) is 4.02. The molecule has 0 bridgehead atoms. The molecule has 5 heteroatoms. The zero-order valence-corrected chi connectivity index (χ0v) is 14.9. The van der Waals surface area contributed by atoms with Gasteiger partial charge in [-0.25, -0.2) is 0 Å². The van der Waals surface area contributed by atoms with Crippen molar-refractivity contribution in [2.45, 2.75) is 32.7 Å². The maximum Gasteiger partial charge on any atom is 0.256 e. The number of halogens is 1. The third-order valence-electron chi connectivity index (χ3n) is 3.48. The van der Waals surface area contributed by atoms with Crippen LogP contribution in [0, 0.1) is 0 Å². The van der Waals surface area contributed by atoms with Crippen LogP contribution >= 0.6 is 23.4 Å². The Morgan fingerprint density at radius 2 is 2.14 bits per heavy atom. The molecule has 1 aromatic carbocycles. The van der Waals surface area contributed by atoms with Crippen molar-refractivity contribution in [2.75, 3.05) is 30.9 Å². The summed E-state index contributed by atoms with van der Waals surface area (Å²) >= 11 is 7.83. The van der Waals surface area contributed by atoms with Gasteiger partial charge in [-0.05, 0) is 37.3 Å². The molecule has 21 heavy (non-hydrogen) atoms. The number of carbonyl (C=O) groups excluding carboxylic acids is 1. The molecular weight excluding hydrogens is 304 g/mol. The van der Waals surface area contributed by atoms with Crippen LogP contribution in [0.3, 0.4) is 0 Å². The molecule has 1 N–H and O–H groups in total. The first-order chi connectivity index (χ1) is 10.0. The highest BCUT2D eigenvalue weighted by Crippen LogP contribution is 2.23. The Morgan fingerprint density at radius 1 is 1.43 bits per heavy atom. The fourth-order valence-electron chi connectivity index (χ4n) is 2.16. The second-order valence-corrected chi connectivity index (χ2v) is 6.40. The van der Waals surface area contributed by atoms with Crippen molar-refractivity contribution < 1.29 is 4.79 Å². The summed E-state index contributed by atoms with van der Waals surface area (Å²) < 4.78 is 0. The Bertz CT molecular complexity index is 468. The summed E-state index contributed by atoms with van der Waals surface area (Å²) in [5.41, 5.74) is 1.51. The zero-order valence-electron chi connectivity index (χ0n) is 13.3. The molecule has 0 radical (unpaired) electrons. The van der Waals surface area contributed by atoms with Gasteiger partial charge in [0.15, 0.2) is 0 Å². The zero-order chi connectivity index (χ0) is 15.8. The highest BCUT2D eigenvalue weighted by atomic mass is 35.5. The molecule has 0 aromatic heterocycles. The van der Waals surface area contributed by atoms with Gasteiger partial charge in [0.05, 0.1) is 5.56 Å². The average molecular weight is 329 g/mol. The molecule has 0 aliphatic carbocycles. The number of anilines is 1. The van der Waals surface area contributed by atoms with E-state index in [0.717, 1.165) is 30.8 Å². The Labute approximate surface area is 137 Å². The van der Waals surface area contributed by atoms with Gasteiger partial charge in [-0.15, -0.1) is 0 Å². The number of hydrogen-bond donors (Lipinski definition) is 1. The normalized spacial score (nSPS) is 12.0. The lowest BCUT2D eigenvalue weighted by atomic mass is 10.1. The highest BCUT2D eigenvalue weighted by Gasteiger charge is 2.22. The van der Waals surface area contributed by atoms with Crippen molar-refractivity contribution in [1.29, 1.82) is 0 Å². The number of amides is 1. The van der Waals surface area contributed by atoms with Crippen LogP contribution in [0.25, 0.3) is 0 Å². The molecule has 1 aromatic rings. The van der Waals surface area contributed by atoms with Gasteiger partial charge < -0.3 is 10.2 Å². The first kappa shape index (κ1) is 18.2. The van der Waals surface area contributed by atoms with E-state index in [9.17, 15) is 4.79 Å². The molecule has 118 valence electrons. The summed E-state index contributed by atoms with van der Waals surface area (Å²) in [5, 5.41) is 3.89. The second kappa shape index (κ2) is 9.21. The van der Waals surface area contributed by atoms with E-state index in [1.807, 2.05) is 24.1 Å². The Kier molecular flexibility index (Phi) is 7.97. The van der Waals surface area contributed by atoms with Gasteiger partial charge in [0.25, 0.3) is 5.91 Å². The monoisotopic (exact) mass is 328 g/mol.